The van der Waals surface area contributed by atoms with E-state index in [0.29, 0.717) is 30.7 Å². The number of hydrogen-bond acceptors (Lipinski definition) is 7. The van der Waals surface area contributed by atoms with Gasteiger partial charge in [-0.25, -0.2) is 4.98 Å². The fourth-order valence-electron chi connectivity index (χ4n) is 4.91. The van der Waals surface area contributed by atoms with Gasteiger partial charge in [0.2, 0.25) is 5.91 Å². The number of pyridine rings is 1. The third-order valence-electron chi connectivity index (χ3n) is 6.86. The van der Waals surface area contributed by atoms with Crippen molar-refractivity contribution in [1.29, 1.82) is 0 Å². The van der Waals surface area contributed by atoms with Gasteiger partial charge in [0.15, 0.2) is 5.78 Å². The number of aromatic amines is 1. The molecular formula is C27H29N5O4. The number of unbranched alkanes of at least 4 members (excludes halogenated alkanes) is 2. The van der Waals surface area contributed by atoms with E-state index in [9.17, 15) is 9.59 Å². The number of aryl methyl sites for hydroxylation is 1. The van der Waals surface area contributed by atoms with Crippen LogP contribution in [-0.2, 0) is 10.3 Å². The number of carbonyl (C=O) groups excluding carboxylic acids is 2. The van der Waals surface area contributed by atoms with Crippen molar-refractivity contribution in [2.75, 3.05) is 7.11 Å². The van der Waals surface area contributed by atoms with Crippen molar-refractivity contribution in [3.63, 3.8) is 0 Å². The summed E-state index contributed by atoms with van der Waals surface area (Å²) in [4.78, 5) is 37.1. The number of methoxy groups -OCH3 is 1. The molecule has 0 saturated carbocycles. The van der Waals surface area contributed by atoms with E-state index in [1.807, 2.05) is 31.2 Å². The highest BCUT2D eigenvalue weighted by atomic mass is 16.5. The van der Waals surface area contributed by atoms with Gasteiger partial charge in [0.05, 0.1) is 30.1 Å². The number of hydrogen-bond donors (Lipinski definition) is 2. The van der Waals surface area contributed by atoms with Gasteiger partial charge in [-0.05, 0) is 38.3 Å². The molecule has 0 spiro atoms. The second kappa shape index (κ2) is 9.93. The zero-order valence-electron chi connectivity index (χ0n) is 20.5. The van der Waals surface area contributed by atoms with E-state index < -0.39 is 5.54 Å². The van der Waals surface area contributed by atoms with Crippen molar-refractivity contribution in [3.05, 3.63) is 60.0 Å². The molecule has 9 nitrogen and oxygen atoms in total. The minimum absolute atomic E-state index is 0.0157. The topological polar surface area (TPSA) is 123 Å². The zero-order valence-corrected chi connectivity index (χ0v) is 20.5. The van der Waals surface area contributed by atoms with Gasteiger partial charge < -0.3 is 19.6 Å². The maximum atomic E-state index is 12.3. The van der Waals surface area contributed by atoms with E-state index in [1.165, 1.54) is 6.26 Å². The number of ketones is 1. The molecule has 4 heterocycles. The van der Waals surface area contributed by atoms with Crippen LogP contribution in [0.1, 0.15) is 67.0 Å². The van der Waals surface area contributed by atoms with Gasteiger partial charge in [-0.3, -0.25) is 14.6 Å². The molecule has 1 unspecified atom stereocenters. The number of imidazole rings is 1. The maximum absolute atomic E-state index is 12.3. The Labute approximate surface area is 208 Å². The van der Waals surface area contributed by atoms with Crippen LogP contribution in [0.15, 0.2) is 47.3 Å². The molecule has 1 aromatic carbocycles. The van der Waals surface area contributed by atoms with Crippen LogP contribution < -0.4 is 10.1 Å². The molecule has 36 heavy (non-hydrogen) atoms. The van der Waals surface area contributed by atoms with E-state index >= 15 is 0 Å². The summed E-state index contributed by atoms with van der Waals surface area (Å²) in [6, 6.07) is 9.60. The molecule has 0 aliphatic carbocycles. The number of rotatable bonds is 10. The summed E-state index contributed by atoms with van der Waals surface area (Å²) in [6.07, 6.45) is 7.97. The van der Waals surface area contributed by atoms with Gasteiger partial charge in [0.1, 0.15) is 23.5 Å². The molecule has 1 amide bonds. The van der Waals surface area contributed by atoms with Crippen molar-refractivity contribution >= 4 is 22.6 Å². The van der Waals surface area contributed by atoms with Crippen molar-refractivity contribution < 1.29 is 18.8 Å². The van der Waals surface area contributed by atoms with E-state index in [4.69, 9.17) is 14.2 Å². The van der Waals surface area contributed by atoms with E-state index in [-0.39, 0.29) is 11.7 Å². The Kier molecular flexibility index (Phi) is 6.54. The molecule has 1 atom stereocenters. The fourth-order valence-corrected chi connectivity index (χ4v) is 4.91. The molecule has 9 heteroatoms. The minimum Gasteiger partial charge on any atom is -0.496 e. The molecule has 2 N–H and O–H groups in total. The standard InChI is InChI=1S/C27H29N5O4/c1-17-7-8-18-14-19(24(35-2)15-21(18)29-17)22-16-28-26(30-22)27(12-9-25(34)31-27)11-5-3-4-6-23(33)20-10-13-36-32-20/h7-8,10,13-16H,3-6,9,11-12H2,1-2H3,(H,28,30)(H,31,34). The fraction of sp³-hybridized carbons (Fsp3) is 0.370. The number of amides is 1. The summed E-state index contributed by atoms with van der Waals surface area (Å²) in [6.45, 7) is 1.96. The highest BCUT2D eigenvalue weighted by Crippen LogP contribution is 2.38. The highest BCUT2D eigenvalue weighted by molar-refractivity contribution is 5.93. The van der Waals surface area contributed by atoms with Gasteiger partial charge in [-0.1, -0.05) is 24.1 Å². The van der Waals surface area contributed by atoms with Crippen molar-refractivity contribution in [3.8, 4) is 17.0 Å². The zero-order chi connectivity index (χ0) is 25.1. The number of Topliss-reactive ketones (excluding diaryl/α,β-unsaturated/α-hetero) is 1. The lowest BCUT2D eigenvalue weighted by Gasteiger charge is -2.27. The van der Waals surface area contributed by atoms with Crippen molar-refractivity contribution in [2.24, 2.45) is 0 Å². The summed E-state index contributed by atoms with van der Waals surface area (Å²) in [5, 5.41) is 7.88. The third-order valence-corrected chi connectivity index (χ3v) is 6.86. The summed E-state index contributed by atoms with van der Waals surface area (Å²) in [7, 11) is 1.64. The lowest BCUT2D eigenvalue weighted by molar-refractivity contribution is -0.120. The summed E-state index contributed by atoms with van der Waals surface area (Å²) < 4.78 is 10.4. The van der Waals surface area contributed by atoms with Gasteiger partial charge in [-0.2, -0.15) is 0 Å². The molecule has 1 aliphatic rings. The first-order valence-electron chi connectivity index (χ1n) is 12.2. The highest BCUT2D eigenvalue weighted by Gasteiger charge is 2.41. The quantitative estimate of drug-likeness (QED) is 0.242. The minimum atomic E-state index is -0.547. The second-order valence-electron chi connectivity index (χ2n) is 9.34. The first-order valence-corrected chi connectivity index (χ1v) is 12.2. The molecular weight excluding hydrogens is 458 g/mol. The summed E-state index contributed by atoms with van der Waals surface area (Å²) >= 11 is 0. The molecule has 5 rings (SSSR count). The van der Waals surface area contributed by atoms with E-state index in [2.05, 4.69) is 20.4 Å². The number of ether oxygens (including phenoxy) is 1. The van der Waals surface area contributed by atoms with E-state index in [0.717, 1.165) is 59.4 Å². The largest absolute Gasteiger partial charge is 0.496 e. The molecule has 0 radical (unpaired) electrons. The Hall–Kier alpha value is -4.01. The number of nitrogens with zero attached hydrogens (tertiary/aromatic N) is 3. The normalized spacial score (nSPS) is 17.4. The monoisotopic (exact) mass is 487 g/mol. The Morgan fingerprint density at radius 1 is 1.19 bits per heavy atom. The Bertz CT molecular complexity index is 1390. The average molecular weight is 488 g/mol. The SMILES string of the molecule is COc1cc2nc(C)ccc2cc1-c1cnc(C2(CCCCCC(=O)c3ccon3)CCC(=O)N2)[nH]1. The van der Waals surface area contributed by atoms with Crippen LogP contribution in [-0.4, -0.2) is 38.9 Å². The van der Waals surface area contributed by atoms with Gasteiger partial charge in [0, 0.05) is 41.6 Å². The summed E-state index contributed by atoms with van der Waals surface area (Å²) in [5.41, 5.74) is 3.35. The average Bonchev–Trinajstić information content (AvgIpc) is 3.64. The van der Waals surface area contributed by atoms with Gasteiger partial charge in [0.25, 0.3) is 0 Å². The van der Waals surface area contributed by atoms with Crippen LogP contribution in [0.2, 0.25) is 0 Å². The first-order chi connectivity index (χ1) is 17.5. The lowest BCUT2D eigenvalue weighted by Crippen LogP contribution is -2.39. The molecule has 3 aromatic heterocycles. The van der Waals surface area contributed by atoms with E-state index in [1.54, 1.807) is 19.4 Å². The Balaban J connectivity index is 1.32. The predicted octanol–water partition coefficient (Wildman–Crippen LogP) is 4.87. The molecule has 0 bridgehead atoms. The van der Waals surface area contributed by atoms with Crippen LogP contribution in [0.3, 0.4) is 0 Å². The van der Waals surface area contributed by atoms with Crippen molar-refractivity contribution in [2.45, 2.75) is 57.4 Å². The molecule has 1 aliphatic heterocycles. The second-order valence-corrected chi connectivity index (χ2v) is 9.34. The number of benzene rings is 1. The Morgan fingerprint density at radius 3 is 2.83 bits per heavy atom. The molecule has 186 valence electrons. The third kappa shape index (κ3) is 4.73. The molecule has 4 aromatic rings. The first kappa shape index (κ1) is 23.7. The number of aromatic nitrogens is 4. The van der Waals surface area contributed by atoms with Crippen LogP contribution >= 0.6 is 0 Å². The van der Waals surface area contributed by atoms with Crippen LogP contribution in [0.5, 0.6) is 5.75 Å². The van der Waals surface area contributed by atoms with Crippen LogP contribution in [0.4, 0.5) is 0 Å². The maximum Gasteiger partial charge on any atom is 0.220 e. The molecule has 1 fully saturated rings. The molecule has 1 saturated heterocycles. The number of H-pyrrole nitrogens is 1. The number of nitrogens with one attached hydrogen (secondary N) is 2. The smallest absolute Gasteiger partial charge is 0.220 e. The summed E-state index contributed by atoms with van der Waals surface area (Å²) in [5.74, 6) is 1.46. The number of fused-ring (bicyclic) bond motifs is 1. The van der Waals surface area contributed by atoms with Gasteiger partial charge >= 0.3 is 0 Å². The number of carbonyl (C=O) groups is 2. The van der Waals surface area contributed by atoms with Crippen LogP contribution in [0, 0.1) is 6.92 Å². The van der Waals surface area contributed by atoms with Crippen LogP contribution in [0.25, 0.3) is 22.2 Å². The Morgan fingerprint density at radius 2 is 2.08 bits per heavy atom. The predicted molar refractivity (Wildman–Crippen MR) is 134 cm³/mol. The lowest BCUT2D eigenvalue weighted by atomic mass is 9.89. The van der Waals surface area contributed by atoms with Gasteiger partial charge in [-0.15, -0.1) is 0 Å². The van der Waals surface area contributed by atoms with Crippen molar-refractivity contribution in [1.82, 2.24) is 25.4 Å².